The highest BCUT2D eigenvalue weighted by Gasteiger charge is 2.78. The van der Waals surface area contributed by atoms with E-state index in [2.05, 4.69) is 6.92 Å². The molecular weight excluding hydrogens is 192 g/mol. The molecule has 1 spiro atoms. The Morgan fingerprint density at radius 2 is 1.93 bits per heavy atom. The lowest BCUT2D eigenvalue weighted by atomic mass is 9.60. The fourth-order valence-electron chi connectivity index (χ4n) is 4.41. The van der Waals surface area contributed by atoms with Crippen LogP contribution in [0.5, 0.6) is 0 Å². The van der Waals surface area contributed by atoms with Crippen molar-refractivity contribution in [2.24, 2.45) is 5.41 Å². The minimum absolute atomic E-state index is 0.0486. The van der Waals surface area contributed by atoms with Gasteiger partial charge in [-0.15, -0.1) is 5.01 Å². The monoisotopic (exact) mass is 210 g/mol. The molecule has 0 N–H and O–H groups in total. The van der Waals surface area contributed by atoms with E-state index in [0.29, 0.717) is 0 Å². The molecule has 3 aliphatic rings. The zero-order valence-corrected chi connectivity index (χ0v) is 9.24. The Balaban J connectivity index is 1.98. The maximum atomic E-state index is 11.1. The van der Waals surface area contributed by atoms with Gasteiger partial charge in [0, 0.05) is 0 Å². The van der Waals surface area contributed by atoms with Gasteiger partial charge in [-0.25, -0.2) is 10.1 Å². The van der Waals surface area contributed by atoms with Crippen molar-refractivity contribution in [3.8, 4) is 0 Å². The van der Waals surface area contributed by atoms with E-state index in [1.54, 1.807) is 5.01 Å². The molecule has 4 heteroatoms. The van der Waals surface area contributed by atoms with Crippen molar-refractivity contribution in [2.45, 2.75) is 63.5 Å². The highest BCUT2D eigenvalue weighted by Crippen LogP contribution is 2.66. The molecule has 1 saturated heterocycles. The van der Waals surface area contributed by atoms with Gasteiger partial charge in [0.25, 0.3) is 0 Å². The lowest BCUT2D eigenvalue weighted by Crippen LogP contribution is -2.45. The summed E-state index contributed by atoms with van der Waals surface area (Å²) in [5, 5.41) is 12.5. The topological polar surface area (TPSA) is 46.1 Å². The van der Waals surface area contributed by atoms with Crippen LogP contribution in [0.2, 0.25) is 0 Å². The van der Waals surface area contributed by atoms with Gasteiger partial charge in [-0.1, -0.05) is 26.2 Å². The maximum Gasteiger partial charge on any atom is 0.161 e. The second-order valence-corrected chi connectivity index (χ2v) is 5.68. The van der Waals surface area contributed by atoms with Crippen LogP contribution in [0.3, 0.4) is 0 Å². The maximum absolute atomic E-state index is 11.1. The molecule has 4 nitrogen and oxygen atoms in total. The van der Waals surface area contributed by atoms with Crippen molar-refractivity contribution in [2.75, 3.05) is 0 Å². The van der Waals surface area contributed by atoms with Crippen LogP contribution in [0.4, 0.5) is 0 Å². The van der Waals surface area contributed by atoms with E-state index in [1.165, 1.54) is 32.1 Å². The molecule has 0 aromatic carbocycles. The molecule has 0 radical (unpaired) electrons. The molecule has 1 aliphatic heterocycles. The molecule has 1 heterocycles. The zero-order valence-electron chi connectivity index (χ0n) is 9.24. The number of nitrogens with zero attached hydrogens (tertiary/aromatic N) is 2. The van der Waals surface area contributed by atoms with E-state index in [0.717, 1.165) is 12.8 Å². The molecule has 0 amide bonds. The van der Waals surface area contributed by atoms with E-state index in [4.69, 9.17) is 0 Å². The van der Waals surface area contributed by atoms with Gasteiger partial charge in [-0.05, 0) is 31.1 Å². The molecule has 2 aliphatic carbocycles. The first-order chi connectivity index (χ1) is 7.12. The van der Waals surface area contributed by atoms with E-state index in [-0.39, 0.29) is 22.0 Å². The Morgan fingerprint density at radius 1 is 1.27 bits per heavy atom. The first kappa shape index (κ1) is 9.43. The van der Waals surface area contributed by atoms with Gasteiger partial charge >= 0.3 is 0 Å². The Morgan fingerprint density at radius 3 is 2.67 bits per heavy atom. The minimum atomic E-state index is -0.139. The van der Waals surface area contributed by atoms with E-state index >= 15 is 0 Å². The minimum Gasteiger partial charge on any atom is -0.235 e. The summed E-state index contributed by atoms with van der Waals surface area (Å²) < 4.78 is 0. The summed E-state index contributed by atoms with van der Waals surface area (Å²) in [5.41, 5.74) is 0.175. The van der Waals surface area contributed by atoms with Gasteiger partial charge in [0.05, 0.1) is 0 Å². The molecule has 0 aromatic heterocycles. The van der Waals surface area contributed by atoms with Crippen molar-refractivity contribution in [3.05, 3.63) is 10.1 Å². The Kier molecular flexibility index (Phi) is 1.67. The molecule has 3 fully saturated rings. The van der Waals surface area contributed by atoms with Crippen molar-refractivity contribution in [1.82, 2.24) is 5.01 Å². The number of hydrazine groups is 1. The summed E-state index contributed by atoms with van der Waals surface area (Å²) >= 11 is 0. The van der Waals surface area contributed by atoms with Crippen LogP contribution < -0.4 is 0 Å². The summed E-state index contributed by atoms with van der Waals surface area (Å²) in [4.78, 5) is 11.1. The van der Waals surface area contributed by atoms with Crippen LogP contribution in [0.15, 0.2) is 0 Å². The quantitative estimate of drug-likeness (QED) is 0.379. The molecule has 0 bridgehead atoms. The third-order valence-electron chi connectivity index (χ3n) is 5.15. The highest BCUT2D eigenvalue weighted by molar-refractivity contribution is 5.24. The fourth-order valence-corrected chi connectivity index (χ4v) is 4.41. The SMILES string of the molecule is C[C@]12CCCC[C@@]13[C@@H](CCC2)N3[N+](=O)[O-]. The van der Waals surface area contributed by atoms with Gasteiger partial charge in [-0.3, -0.25) is 0 Å². The second kappa shape index (κ2) is 2.66. The molecule has 0 aromatic rings. The van der Waals surface area contributed by atoms with Crippen molar-refractivity contribution in [1.29, 1.82) is 0 Å². The third kappa shape index (κ3) is 0.930. The molecule has 2 saturated carbocycles. The summed E-state index contributed by atoms with van der Waals surface area (Å²) in [7, 11) is 0. The molecule has 84 valence electrons. The Bertz CT molecular complexity index is 316. The zero-order chi connectivity index (χ0) is 10.7. The standard InChI is InChI=1S/C11H18N2O2/c1-10-6-2-3-8-11(10)9(5-4-7-10)12(11)13(14)15/h9H,2-8H2,1H3/t9-,10-,11-,12?/m1/s1. The summed E-state index contributed by atoms with van der Waals surface area (Å²) in [6.45, 7) is 2.28. The van der Waals surface area contributed by atoms with Crippen molar-refractivity contribution in [3.63, 3.8) is 0 Å². The van der Waals surface area contributed by atoms with E-state index in [1.807, 2.05) is 0 Å². The normalized spacial score (nSPS) is 48.1. The van der Waals surface area contributed by atoms with Gasteiger partial charge in [0.15, 0.2) is 5.03 Å². The Hall–Kier alpha value is -0.800. The van der Waals surface area contributed by atoms with Crippen LogP contribution >= 0.6 is 0 Å². The third-order valence-corrected chi connectivity index (χ3v) is 5.15. The number of hydrogen-bond acceptors (Lipinski definition) is 2. The predicted molar refractivity (Wildman–Crippen MR) is 55.8 cm³/mol. The largest absolute Gasteiger partial charge is 0.235 e. The first-order valence-electron chi connectivity index (χ1n) is 6.05. The van der Waals surface area contributed by atoms with Gasteiger partial charge in [0.1, 0.15) is 11.6 Å². The number of rotatable bonds is 1. The number of nitro groups is 1. The first-order valence-corrected chi connectivity index (χ1v) is 6.05. The smallest absolute Gasteiger partial charge is 0.161 e. The molecule has 3 atom stereocenters. The summed E-state index contributed by atoms with van der Waals surface area (Å²) in [6, 6.07) is 0.256. The van der Waals surface area contributed by atoms with E-state index < -0.39 is 0 Å². The van der Waals surface area contributed by atoms with Crippen LogP contribution in [-0.2, 0) is 0 Å². The average molecular weight is 210 g/mol. The molecular formula is C11H18N2O2. The van der Waals surface area contributed by atoms with Gasteiger partial charge in [0.2, 0.25) is 0 Å². The lowest BCUT2D eigenvalue weighted by molar-refractivity contribution is -0.631. The molecule has 3 rings (SSSR count). The van der Waals surface area contributed by atoms with Crippen LogP contribution in [0, 0.1) is 15.5 Å². The molecule has 15 heavy (non-hydrogen) atoms. The second-order valence-electron chi connectivity index (χ2n) is 5.68. The van der Waals surface area contributed by atoms with Crippen molar-refractivity contribution >= 4 is 0 Å². The number of hydrogen-bond donors (Lipinski definition) is 0. The Labute approximate surface area is 89.8 Å². The van der Waals surface area contributed by atoms with E-state index in [9.17, 15) is 10.1 Å². The van der Waals surface area contributed by atoms with Gasteiger partial charge < -0.3 is 0 Å². The van der Waals surface area contributed by atoms with Gasteiger partial charge in [-0.2, -0.15) is 0 Å². The van der Waals surface area contributed by atoms with Crippen molar-refractivity contribution < 1.29 is 5.03 Å². The summed E-state index contributed by atoms with van der Waals surface area (Å²) in [6.07, 6.45) is 8.08. The average Bonchev–Trinajstić information content (AvgIpc) is 2.84. The molecule has 0 unspecified atom stereocenters. The fraction of sp³-hybridized carbons (Fsp3) is 1.00. The van der Waals surface area contributed by atoms with Crippen LogP contribution in [0.1, 0.15) is 51.9 Å². The summed E-state index contributed by atoms with van der Waals surface area (Å²) in [5.74, 6) is 0. The van der Waals surface area contributed by atoms with Crippen LogP contribution in [0.25, 0.3) is 0 Å². The predicted octanol–water partition coefficient (Wildman–Crippen LogP) is 2.37. The van der Waals surface area contributed by atoms with Crippen LogP contribution in [-0.4, -0.2) is 21.6 Å². The lowest BCUT2D eigenvalue weighted by Gasteiger charge is -2.42. The highest BCUT2D eigenvalue weighted by atomic mass is 16.7.